The number of fused-ring (bicyclic) bond motifs is 2. The third-order valence-electron chi connectivity index (χ3n) is 7.12. The lowest BCUT2D eigenvalue weighted by atomic mass is 9.74. The molecule has 1 saturated carbocycles. The number of ether oxygens (including phenoxy) is 1. The second-order valence-corrected chi connectivity index (χ2v) is 8.92. The van der Waals surface area contributed by atoms with Crippen LogP contribution in [0.5, 0.6) is 0 Å². The smallest absolute Gasteiger partial charge is 0.339 e. The normalized spacial score (nSPS) is 25.9. The third kappa shape index (κ3) is 3.68. The molecular formula is C25H27FN2O3. The van der Waals surface area contributed by atoms with Crippen molar-refractivity contribution in [3.05, 3.63) is 65.5 Å². The van der Waals surface area contributed by atoms with E-state index < -0.39 is 5.60 Å². The number of carbonyl (C=O) groups is 2. The van der Waals surface area contributed by atoms with Gasteiger partial charge in [0.05, 0.1) is 11.3 Å². The van der Waals surface area contributed by atoms with Gasteiger partial charge in [-0.05, 0) is 56.7 Å². The summed E-state index contributed by atoms with van der Waals surface area (Å²) in [5, 5.41) is 3.22. The van der Waals surface area contributed by atoms with Crippen LogP contribution < -0.4 is 10.2 Å². The first kappa shape index (κ1) is 20.0. The molecule has 2 aromatic rings. The number of nitrogens with one attached hydrogen (secondary N) is 1. The number of anilines is 1. The van der Waals surface area contributed by atoms with E-state index in [1.165, 1.54) is 6.07 Å². The number of amides is 1. The highest BCUT2D eigenvalue weighted by Gasteiger charge is 2.48. The number of esters is 1. The molecule has 2 aromatic carbocycles. The van der Waals surface area contributed by atoms with Crippen molar-refractivity contribution in [3.63, 3.8) is 0 Å². The van der Waals surface area contributed by atoms with Gasteiger partial charge < -0.3 is 15.0 Å². The van der Waals surface area contributed by atoms with Gasteiger partial charge in [0.2, 0.25) is 5.91 Å². The minimum atomic E-state index is -0.560. The lowest BCUT2D eigenvalue weighted by Crippen LogP contribution is -2.47. The predicted octanol–water partition coefficient (Wildman–Crippen LogP) is 4.17. The summed E-state index contributed by atoms with van der Waals surface area (Å²) in [6, 6.07) is 14.6. The Hall–Kier alpha value is -2.89. The van der Waals surface area contributed by atoms with Gasteiger partial charge in [0, 0.05) is 30.6 Å². The molecular weight excluding hydrogens is 395 g/mol. The summed E-state index contributed by atoms with van der Waals surface area (Å²) in [6.45, 7) is 1.46. The van der Waals surface area contributed by atoms with E-state index in [4.69, 9.17) is 4.74 Å². The van der Waals surface area contributed by atoms with E-state index in [1.807, 2.05) is 35.2 Å². The van der Waals surface area contributed by atoms with Crippen LogP contribution in [-0.4, -0.2) is 31.0 Å². The van der Waals surface area contributed by atoms with Crippen LogP contribution in [0, 0.1) is 11.7 Å². The highest BCUT2D eigenvalue weighted by molar-refractivity contribution is 5.94. The number of carbonyl (C=O) groups excluding carboxylic acids is 2. The molecule has 6 heteroatoms. The molecule has 2 fully saturated rings. The summed E-state index contributed by atoms with van der Waals surface area (Å²) in [4.78, 5) is 27.2. The Morgan fingerprint density at radius 3 is 2.42 bits per heavy atom. The van der Waals surface area contributed by atoms with Gasteiger partial charge in [0.15, 0.2) is 0 Å². The van der Waals surface area contributed by atoms with Gasteiger partial charge in [-0.25, -0.2) is 9.18 Å². The van der Waals surface area contributed by atoms with Crippen molar-refractivity contribution in [1.82, 2.24) is 5.32 Å². The van der Waals surface area contributed by atoms with Crippen LogP contribution in [0.2, 0.25) is 0 Å². The average Bonchev–Trinajstić information content (AvgIpc) is 3.07. The average molecular weight is 423 g/mol. The molecule has 5 rings (SSSR count). The summed E-state index contributed by atoms with van der Waals surface area (Å²) in [5.74, 6) is -0.408. The minimum Gasteiger partial charge on any atom is -0.451 e. The zero-order valence-electron chi connectivity index (χ0n) is 17.5. The van der Waals surface area contributed by atoms with Gasteiger partial charge in [-0.1, -0.05) is 30.3 Å². The molecule has 5 nitrogen and oxygen atoms in total. The zero-order valence-corrected chi connectivity index (χ0v) is 17.5. The molecule has 1 aliphatic carbocycles. The second-order valence-electron chi connectivity index (χ2n) is 8.92. The number of nitrogens with zero attached hydrogens (tertiary/aromatic N) is 1. The van der Waals surface area contributed by atoms with Gasteiger partial charge >= 0.3 is 5.97 Å². The highest BCUT2D eigenvalue weighted by atomic mass is 19.1. The lowest BCUT2D eigenvalue weighted by Gasteiger charge is -2.37. The van der Waals surface area contributed by atoms with Crippen molar-refractivity contribution < 1.29 is 18.7 Å². The number of hydrogen-bond donors (Lipinski definition) is 1. The van der Waals surface area contributed by atoms with Gasteiger partial charge in [0.25, 0.3) is 0 Å². The Morgan fingerprint density at radius 2 is 1.68 bits per heavy atom. The molecule has 3 aliphatic rings. The molecule has 0 bridgehead atoms. The fourth-order valence-electron chi connectivity index (χ4n) is 5.36. The summed E-state index contributed by atoms with van der Waals surface area (Å²) in [5.41, 5.74) is 1.71. The largest absolute Gasteiger partial charge is 0.451 e. The SMILES string of the molecule is O=C1O[C@]2(CC[C@H](C(=O)NC3CCN(c4ccccc4F)CC3)CC2)c2ccccc21. The van der Waals surface area contributed by atoms with Crippen molar-refractivity contribution in [1.29, 1.82) is 0 Å². The van der Waals surface area contributed by atoms with Crippen LogP contribution >= 0.6 is 0 Å². The van der Waals surface area contributed by atoms with Crippen molar-refractivity contribution in [2.75, 3.05) is 18.0 Å². The van der Waals surface area contributed by atoms with Crippen LogP contribution in [0.25, 0.3) is 0 Å². The lowest BCUT2D eigenvalue weighted by molar-refractivity contribution is -0.128. The fourth-order valence-corrected chi connectivity index (χ4v) is 5.36. The van der Waals surface area contributed by atoms with Crippen molar-refractivity contribution in [3.8, 4) is 0 Å². The maximum absolute atomic E-state index is 14.0. The van der Waals surface area contributed by atoms with E-state index in [9.17, 15) is 14.0 Å². The second kappa shape index (κ2) is 7.98. The summed E-state index contributed by atoms with van der Waals surface area (Å²) >= 11 is 0. The number of rotatable bonds is 3. The van der Waals surface area contributed by atoms with E-state index in [0.717, 1.165) is 31.5 Å². The molecule has 2 heterocycles. The van der Waals surface area contributed by atoms with Crippen LogP contribution in [-0.2, 0) is 15.1 Å². The summed E-state index contributed by atoms with van der Waals surface area (Å²) in [6.07, 6.45) is 4.39. The number of benzene rings is 2. The van der Waals surface area contributed by atoms with Gasteiger partial charge in [0.1, 0.15) is 11.4 Å². The van der Waals surface area contributed by atoms with Crippen LogP contribution in [0.15, 0.2) is 48.5 Å². The molecule has 31 heavy (non-hydrogen) atoms. The predicted molar refractivity (Wildman–Crippen MR) is 115 cm³/mol. The molecule has 1 spiro atoms. The Balaban J connectivity index is 1.15. The molecule has 0 unspecified atom stereocenters. The van der Waals surface area contributed by atoms with Crippen molar-refractivity contribution >= 4 is 17.6 Å². The third-order valence-corrected chi connectivity index (χ3v) is 7.12. The van der Waals surface area contributed by atoms with E-state index in [1.54, 1.807) is 12.1 Å². The molecule has 1 amide bonds. The molecule has 2 aliphatic heterocycles. The Kier molecular flexibility index (Phi) is 5.16. The maximum Gasteiger partial charge on any atom is 0.339 e. The summed E-state index contributed by atoms with van der Waals surface area (Å²) in [7, 11) is 0. The van der Waals surface area contributed by atoms with Crippen LogP contribution in [0.4, 0.5) is 10.1 Å². The van der Waals surface area contributed by atoms with Crippen LogP contribution in [0.1, 0.15) is 54.4 Å². The number of para-hydroxylation sites is 1. The first-order chi connectivity index (χ1) is 15.1. The molecule has 1 N–H and O–H groups in total. The maximum atomic E-state index is 14.0. The number of halogens is 1. The first-order valence-corrected chi connectivity index (χ1v) is 11.2. The Morgan fingerprint density at radius 1 is 1.00 bits per heavy atom. The van der Waals surface area contributed by atoms with Gasteiger partial charge in [-0.2, -0.15) is 0 Å². The quantitative estimate of drug-likeness (QED) is 0.755. The van der Waals surface area contributed by atoms with E-state index in [0.29, 0.717) is 36.9 Å². The molecule has 0 aromatic heterocycles. The first-order valence-electron chi connectivity index (χ1n) is 11.2. The minimum absolute atomic E-state index is 0.0540. The van der Waals surface area contributed by atoms with Gasteiger partial charge in [-0.15, -0.1) is 0 Å². The Bertz CT molecular complexity index is 992. The van der Waals surface area contributed by atoms with E-state index in [-0.39, 0.29) is 29.7 Å². The monoisotopic (exact) mass is 422 g/mol. The topological polar surface area (TPSA) is 58.6 Å². The fraction of sp³-hybridized carbons (Fsp3) is 0.440. The number of piperidine rings is 1. The Labute approximate surface area is 181 Å². The standard InChI is InChI=1S/C25H27FN2O3/c26-21-7-3-4-8-22(21)28-15-11-18(12-16-28)27-23(29)17-9-13-25(14-10-17)20-6-2-1-5-19(20)24(30)31-25/h1-8,17-18H,9-16H2,(H,27,29)/t17-,25-. The zero-order chi connectivity index (χ0) is 21.4. The van der Waals surface area contributed by atoms with Gasteiger partial charge in [-0.3, -0.25) is 4.79 Å². The van der Waals surface area contributed by atoms with Crippen LogP contribution in [0.3, 0.4) is 0 Å². The van der Waals surface area contributed by atoms with E-state index in [2.05, 4.69) is 5.32 Å². The molecule has 0 radical (unpaired) electrons. The van der Waals surface area contributed by atoms with Crippen molar-refractivity contribution in [2.45, 2.75) is 50.2 Å². The molecule has 0 atom stereocenters. The number of hydrogen-bond acceptors (Lipinski definition) is 4. The molecule has 162 valence electrons. The van der Waals surface area contributed by atoms with Crippen molar-refractivity contribution in [2.24, 2.45) is 5.92 Å². The summed E-state index contributed by atoms with van der Waals surface area (Å²) < 4.78 is 19.8. The van der Waals surface area contributed by atoms with E-state index >= 15 is 0 Å². The highest BCUT2D eigenvalue weighted by Crippen LogP contribution is 2.48. The molecule has 1 saturated heterocycles.